The van der Waals surface area contributed by atoms with Gasteiger partial charge < -0.3 is 14.6 Å². The zero-order valence-corrected chi connectivity index (χ0v) is 20.6. The Balaban J connectivity index is 1.36. The summed E-state index contributed by atoms with van der Waals surface area (Å²) < 4.78 is 67.8. The molecule has 2 atom stereocenters. The zero-order valence-electron chi connectivity index (χ0n) is 19.8. The monoisotopic (exact) mass is 535 g/mol. The molecule has 196 valence electrons. The SMILES string of the molecule is C[C@@H](S[C@H]1CO[C@H](C=CC=Cc2ccc(F)cc2F)OC1)[C@](O)(Cn1cncn1)c1ccc(F)cc1F. The van der Waals surface area contributed by atoms with Crippen molar-refractivity contribution < 1.29 is 32.1 Å². The molecule has 3 aromatic rings. The molecule has 1 saturated heterocycles. The number of benzene rings is 2. The molecule has 2 heterocycles. The Morgan fingerprint density at radius 3 is 2.43 bits per heavy atom. The third kappa shape index (κ3) is 6.86. The first-order valence-electron chi connectivity index (χ1n) is 11.4. The molecule has 0 aliphatic carbocycles. The third-order valence-corrected chi connectivity index (χ3v) is 7.30. The van der Waals surface area contributed by atoms with Crippen LogP contribution in [-0.2, 0) is 21.6 Å². The van der Waals surface area contributed by atoms with Crippen molar-refractivity contribution in [1.29, 1.82) is 0 Å². The number of halogens is 4. The van der Waals surface area contributed by atoms with Crippen LogP contribution >= 0.6 is 11.8 Å². The van der Waals surface area contributed by atoms with E-state index in [1.807, 2.05) is 0 Å². The van der Waals surface area contributed by atoms with E-state index in [2.05, 4.69) is 10.1 Å². The van der Waals surface area contributed by atoms with Crippen LogP contribution in [0.4, 0.5) is 17.6 Å². The van der Waals surface area contributed by atoms with Gasteiger partial charge in [0.2, 0.25) is 0 Å². The summed E-state index contributed by atoms with van der Waals surface area (Å²) in [6.45, 7) is 2.25. The Morgan fingerprint density at radius 1 is 1.08 bits per heavy atom. The van der Waals surface area contributed by atoms with Crippen molar-refractivity contribution in [2.45, 2.75) is 35.9 Å². The maximum Gasteiger partial charge on any atom is 0.177 e. The second-order valence-electron chi connectivity index (χ2n) is 8.49. The molecule has 37 heavy (non-hydrogen) atoms. The lowest BCUT2D eigenvalue weighted by Crippen LogP contribution is -2.43. The first-order valence-corrected chi connectivity index (χ1v) is 12.4. The molecule has 0 saturated carbocycles. The van der Waals surface area contributed by atoms with Crippen LogP contribution in [0.1, 0.15) is 18.1 Å². The first kappa shape index (κ1) is 27.1. The molecule has 1 fully saturated rings. The summed E-state index contributed by atoms with van der Waals surface area (Å²) >= 11 is 1.36. The van der Waals surface area contributed by atoms with Crippen molar-refractivity contribution in [3.63, 3.8) is 0 Å². The molecule has 1 aromatic heterocycles. The summed E-state index contributed by atoms with van der Waals surface area (Å²) in [5.41, 5.74) is -1.53. The van der Waals surface area contributed by atoms with Crippen molar-refractivity contribution in [3.8, 4) is 0 Å². The number of hydrogen-bond acceptors (Lipinski definition) is 6. The van der Waals surface area contributed by atoms with Gasteiger partial charge in [0.15, 0.2) is 6.29 Å². The van der Waals surface area contributed by atoms with E-state index in [1.165, 1.54) is 53.4 Å². The van der Waals surface area contributed by atoms with Gasteiger partial charge in [-0.25, -0.2) is 27.2 Å². The normalized spacial score (nSPS) is 20.9. The summed E-state index contributed by atoms with van der Waals surface area (Å²) in [7, 11) is 0. The van der Waals surface area contributed by atoms with Crippen LogP contribution < -0.4 is 0 Å². The van der Waals surface area contributed by atoms with Gasteiger partial charge in [0.05, 0.1) is 25.0 Å². The summed E-state index contributed by atoms with van der Waals surface area (Å²) in [4.78, 5) is 3.87. The standard InChI is InChI=1S/C26H25F4N3O3S/c1-17(26(34,14-33-16-31-15-32-33)22-9-8-20(28)11-24(22)30)37-21-12-35-25(36-13-21)5-3-2-4-18-6-7-19(27)10-23(18)29/h2-11,15-17,21,25,34H,12-14H2,1H3/t17-,21-,25-,26-/m1/s1. The highest BCUT2D eigenvalue weighted by atomic mass is 32.2. The Bertz CT molecular complexity index is 1250. The van der Waals surface area contributed by atoms with Crippen LogP contribution in [0.3, 0.4) is 0 Å². The number of ether oxygens (including phenoxy) is 2. The van der Waals surface area contributed by atoms with Gasteiger partial charge in [-0.05, 0) is 24.3 Å². The van der Waals surface area contributed by atoms with Crippen molar-refractivity contribution >= 4 is 17.8 Å². The Kier molecular flexibility index (Phi) is 8.80. The molecule has 6 nitrogen and oxygen atoms in total. The molecule has 0 unspecified atom stereocenters. The van der Waals surface area contributed by atoms with Gasteiger partial charge in [-0.2, -0.15) is 5.10 Å². The van der Waals surface area contributed by atoms with Crippen LogP contribution in [0.2, 0.25) is 0 Å². The molecule has 1 aliphatic heterocycles. The maximum atomic E-state index is 14.7. The number of aliphatic hydroxyl groups is 1. The predicted octanol–water partition coefficient (Wildman–Crippen LogP) is 4.86. The van der Waals surface area contributed by atoms with E-state index >= 15 is 0 Å². The maximum absolute atomic E-state index is 14.7. The summed E-state index contributed by atoms with van der Waals surface area (Å²) in [5, 5.41) is 14.9. The molecule has 4 rings (SSSR count). The van der Waals surface area contributed by atoms with Crippen LogP contribution in [0.5, 0.6) is 0 Å². The lowest BCUT2D eigenvalue weighted by Gasteiger charge is -2.37. The van der Waals surface area contributed by atoms with E-state index in [9.17, 15) is 22.7 Å². The molecule has 0 amide bonds. The molecular formula is C26H25F4N3O3S. The number of aromatic nitrogens is 3. The molecule has 0 radical (unpaired) electrons. The van der Waals surface area contributed by atoms with Gasteiger partial charge >= 0.3 is 0 Å². The second kappa shape index (κ2) is 12.0. The highest BCUT2D eigenvalue weighted by Crippen LogP contribution is 2.38. The van der Waals surface area contributed by atoms with E-state index in [4.69, 9.17) is 9.47 Å². The molecule has 11 heteroatoms. The Morgan fingerprint density at radius 2 is 1.78 bits per heavy atom. The number of allylic oxidation sites excluding steroid dienone is 2. The van der Waals surface area contributed by atoms with E-state index in [0.717, 1.165) is 18.2 Å². The first-order chi connectivity index (χ1) is 17.7. The van der Waals surface area contributed by atoms with Gasteiger partial charge in [0, 0.05) is 28.5 Å². The number of nitrogens with zero attached hydrogens (tertiary/aromatic N) is 3. The minimum Gasteiger partial charge on any atom is -0.382 e. The molecule has 0 spiro atoms. The summed E-state index contributed by atoms with van der Waals surface area (Å²) in [6.07, 6.45) is 8.47. The lowest BCUT2D eigenvalue weighted by molar-refractivity contribution is -0.146. The minimum atomic E-state index is -1.73. The van der Waals surface area contributed by atoms with Gasteiger partial charge in [0.25, 0.3) is 0 Å². The fourth-order valence-corrected chi connectivity index (χ4v) is 5.20. The third-order valence-electron chi connectivity index (χ3n) is 5.85. The zero-order chi connectivity index (χ0) is 26.4. The number of thioether (sulfide) groups is 1. The molecule has 2 aromatic carbocycles. The number of hydrogen-bond donors (Lipinski definition) is 1. The minimum absolute atomic E-state index is 0.0489. The summed E-state index contributed by atoms with van der Waals surface area (Å²) in [6, 6.07) is 6.40. The number of rotatable bonds is 9. The second-order valence-corrected chi connectivity index (χ2v) is 10.1. The highest BCUT2D eigenvalue weighted by molar-refractivity contribution is 8.00. The van der Waals surface area contributed by atoms with Gasteiger partial charge in [-0.1, -0.05) is 31.2 Å². The fourth-order valence-electron chi connectivity index (χ4n) is 3.88. The van der Waals surface area contributed by atoms with Gasteiger partial charge in [0.1, 0.15) is 41.5 Å². The Hall–Kier alpha value is -2.99. The average Bonchev–Trinajstić information content (AvgIpc) is 3.36. The molecule has 0 bridgehead atoms. The average molecular weight is 536 g/mol. The van der Waals surface area contributed by atoms with E-state index in [1.54, 1.807) is 25.2 Å². The lowest BCUT2D eigenvalue weighted by atomic mass is 9.90. The highest BCUT2D eigenvalue weighted by Gasteiger charge is 2.41. The summed E-state index contributed by atoms with van der Waals surface area (Å²) in [5.74, 6) is -2.90. The van der Waals surface area contributed by atoms with E-state index in [-0.39, 0.29) is 22.9 Å². The largest absolute Gasteiger partial charge is 0.382 e. The quantitative estimate of drug-likeness (QED) is 0.312. The van der Waals surface area contributed by atoms with Crippen LogP contribution in [0, 0.1) is 23.3 Å². The van der Waals surface area contributed by atoms with Gasteiger partial charge in [-0.3, -0.25) is 0 Å². The van der Waals surface area contributed by atoms with Crippen molar-refractivity contribution in [2.75, 3.05) is 13.2 Å². The molecular weight excluding hydrogens is 510 g/mol. The van der Waals surface area contributed by atoms with Crippen molar-refractivity contribution in [3.05, 3.63) is 102 Å². The Labute approximate surface area is 215 Å². The van der Waals surface area contributed by atoms with E-state index < -0.39 is 40.4 Å². The fraction of sp³-hybridized carbons (Fsp3) is 0.308. The smallest absolute Gasteiger partial charge is 0.177 e. The van der Waals surface area contributed by atoms with Crippen molar-refractivity contribution in [2.24, 2.45) is 0 Å². The predicted molar refractivity (Wildman–Crippen MR) is 131 cm³/mol. The van der Waals surface area contributed by atoms with Crippen LogP contribution in [-0.4, -0.2) is 49.9 Å². The van der Waals surface area contributed by atoms with Gasteiger partial charge in [-0.15, -0.1) is 11.8 Å². The molecule has 1 aliphatic rings. The van der Waals surface area contributed by atoms with Crippen LogP contribution in [0.15, 0.2) is 67.3 Å². The van der Waals surface area contributed by atoms with E-state index in [0.29, 0.717) is 13.2 Å². The topological polar surface area (TPSA) is 69.4 Å². The van der Waals surface area contributed by atoms with Crippen LogP contribution in [0.25, 0.3) is 6.08 Å². The van der Waals surface area contributed by atoms with Crippen molar-refractivity contribution in [1.82, 2.24) is 14.8 Å². The molecule has 1 N–H and O–H groups in total.